The van der Waals surface area contributed by atoms with Crippen LogP contribution >= 0.6 is 0 Å². The van der Waals surface area contributed by atoms with Crippen molar-refractivity contribution in [2.75, 3.05) is 6.61 Å². The van der Waals surface area contributed by atoms with E-state index in [1.54, 1.807) is 0 Å². The molecule has 0 aliphatic rings. The highest BCUT2D eigenvalue weighted by molar-refractivity contribution is 4.73. The van der Waals surface area contributed by atoms with Gasteiger partial charge >= 0.3 is 0 Å². The van der Waals surface area contributed by atoms with Crippen LogP contribution in [0.25, 0.3) is 0 Å². The Labute approximate surface area is 140 Å². The van der Waals surface area contributed by atoms with Crippen LogP contribution in [0.5, 0.6) is 0 Å². The van der Waals surface area contributed by atoms with Crippen molar-refractivity contribution in [3.63, 3.8) is 0 Å². The number of rotatable bonds is 18. The summed E-state index contributed by atoms with van der Waals surface area (Å²) in [6, 6.07) is 0. The molecule has 0 radical (unpaired) electrons. The Bertz CT molecular complexity index is 222. The van der Waals surface area contributed by atoms with Gasteiger partial charge in [-0.1, -0.05) is 110 Å². The Morgan fingerprint density at radius 3 is 1.23 bits per heavy atom. The van der Waals surface area contributed by atoms with Gasteiger partial charge in [0.25, 0.3) is 0 Å². The summed E-state index contributed by atoms with van der Waals surface area (Å²) in [4.78, 5) is 0. The van der Waals surface area contributed by atoms with E-state index >= 15 is 0 Å². The Kier molecular flexibility index (Phi) is 18.2. The van der Waals surface area contributed by atoms with Crippen LogP contribution in [0.4, 0.5) is 0 Å². The maximum atomic E-state index is 5.37. The minimum Gasteiger partial charge on any atom is -0.499 e. The summed E-state index contributed by atoms with van der Waals surface area (Å²) in [5, 5.41) is 0. The van der Waals surface area contributed by atoms with Gasteiger partial charge < -0.3 is 4.74 Å². The van der Waals surface area contributed by atoms with E-state index in [9.17, 15) is 0 Å². The lowest BCUT2D eigenvalue weighted by atomic mass is 10.0. The van der Waals surface area contributed by atoms with Crippen molar-refractivity contribution in [2.24, 2.45) is 0 Å². The molecule has 0 spiro atoms. The van der Waals surface area contributed by atoms with Gasteiger partial charge in [-0.3, -0.25) is 0 Å². The lowest BCUT2D eigenvalue weighted by Gasteiger charge is -2.05. The van der Waals surface area contributed by atoms with E-state index in [1.165, 1.54) is 103 Å². The summed E-state index contributed by atoms with van der Waals surface area (Å²) in [5.74, 6) is 0.848. The van der Waals surface area contributed by atoms with Gasteiger partial charge in [-0.05, 0) is 13.3 Å². The third kappa shape index (κ3) is 19.5. The standard InChI is InChI=1S/C21H42O/c1-4-5-6-7-8-9-10-11-12-13-14-15-16-17-18-19-20-22-21(2)3/h2,4-20H2,1,3H3. The Morgan fingerprint density at radius 2 is 0.909 bits per heavy atom. The van der Waals surface area contributed by atoms with E-state index in [0.717, 1.165) is 12.4 Å². The molecule has 1 heteroatoms. The van der Waals surface area contributed by atoms with Crippen molar-refractivity contribution in [3.8, 4) is 0 Å². The van der Waals surface area contributed by atoms with Crippen LogP contribution in [0.2, 0.25) is 0 Å². The summed E-state index contributed by atoms with van der Waals surface area (Å²) in [6.45, 7) is 8.81. The second-order valence-electron chi connectivity index (χ2n) is 6.85. The Morgan fingerprint density at radius 1 is 0.591 bits per heavy atom. The summed E-state index contributed by atoms with van der Waals surface area (Å²) in [7, 11) is 0. The van der Waals surface area contributed by atoms with Crippen LogP contribution in [0.1, 0.15) is 117 Å². The van der Waals surface area contributed by atoms with Crippen LogP contribution < -0.4 is 0 Å². The van der Waals surface area contributed by atoms with Gasteiger partial charge in [0.1, 0.15) is 0 Å². The molecule has 0 rings (SSSR count). The molecule has 0 bridgehead atoms. The van der Waals surface area contributed by atoms with Crippen molar-refractivity contribution in [1.82, 2.24) is 0 Å². The fourth-order valence-electron chi connectivity index (χ4n) is 2.90. The fourth-order valence-corrected chi connectivity index (χ4v) is 2.90. The molecule has 0 fully saturated rings. The normalized spacial score (nSPS) is 10.8. The molecule has 0 heterocycles. The van der Waals surface area contributed by atoms with Crippen LogP contribution in [-0.2, 0) is 4.74 Å². The average Bonchev–Trinajstić information content (AvgIpc) is 2.50. The minimum absolute atomic E-state index is 0.848. The van der Waals surface area contributed by atoms with Crippen LogP contribution in [-0.4, -0.2) is 6.61 Å². The SMILES string of the molecule is C=C(C)OCCCCCCCCCCCCCCCCCC. The molecule has 0 unspecified atom stereocenters. The quantitative estimate of drug-likeness (QED) is 0.185. The fraction of sp³-hybridized carbons (Fsp3) is 0.905. The maximum Gasteiger partial charge on any atom is 0.0876 e. The van der Waals surface area contributed by atoms with E-state index < -0.39 is 0 Å². The largest absolute Gasteiger partial charge is 0.499 e. The van der Waals surface area contributed by atoms with Crippen molar-refractivity contribution in [2.45, 2.75) is 117 Å². The van der Waals surface area contributed by atoms with Crippen molar-refractivity contribution in [1.29, 1.82) is 0 Å². The zero-order chi connectivity index (χ0) is 16.3. The van der Waals surface area contributed by atoms with E-state index in [2.05, 4.69) is 13.5 Å². The highest BCUT2D eigenvalue weighted by Gasteiger charge is 1.95. The molecular weight excluding hydrogens is 268 g/mol. The molecule has 0 aromatic carbocycles. The van der Waals surface area contributed by atoms with Gasteiger partial charge in [-0.15, -0.1) is 0 Å². The summed E-state index contributed by atoms with van der Waals surface area (Å²) in [5.41, 5.74) is 0. The molecule has 132 valence electrons. The van der Waals surface area contributed by atoms with Crippen LogP contribution in [0, 0.1) is 0 Å². The molecule has 0 aromatic rings. The Hall–Kier alpha value is -0.460. The number of ether oxygens (including phenoxy) is 1. The predicted octanol–water partition coefficient (Wildman–Crippen LogP) is 7.80. The monoisotopic (exact) mass is 310 g/mol. The summed E-state index contributed by atoms with van der Waals surface area (Å²) < 4.78 is 5.37. The van der Waals surface area contributed by atoms with Gasteiger partial charge in [0, 0.05) is 0 Å². The van der Waals surface area contributed by atoms with Gasteiger partial charge in [0.2, 0.25) is 0 Å². The molecule has 0 N–H and O–H groups in total. The van der Waals surface area contributed by atoms with Gasteiger partial charge in [-0.25, -0.2) is 0 Å². The predicted molar refractivity (Wildman–Crippen MR) is 100 cm³/mol. The smallest absolute Gasteiger partial charge is 0.0876 e. The number of hydrogen-bond donors (Lipinski definition) is 0. The summed E-state index contributed by atoms with van der Waals surface area (Å²) >= 11 is 0. The molecular formula is C21H42O. The first-order valence-electron chi connectivity index (χ1n) is 10.1. The highest BCUT2D eigenvalue weighted by Crippen LogP contribution is 2.13. The molecule has 0 aromatic heterocycles. The average molecular weight is 311 g/mol. The molecule has 0 aliphatic heterocycles. The van der Waals surface area contributed by atoms with Crippen molar-refractivity contribution >= 4 is 0 Å². The second-order valence-corrected chi connectivity index (χ2v) is 6.85. The third-order valence-electron chi connectivity index (χ3n) is 4.35. The van der Waals surface area contributed by atoms with Gasteiger partial charge in [-0.2, -0.15) is 0 Å². The zero-order valence-corrected chi connectivity index (χ0v) is 15.6. The molecule has 0 saturated carbocycles. The number of allylic oxidation sites excluding steroid dienone is 1. The van der Waals surface area contributed by atoms with Crippen LogP contribution in [0.3, 0.4) is 0 Å². The first kappa shape index (κ1) is 21.5. The minimum atomic E-state index is 0.848. The van der Waals surface area contributed by atoms with Gasteiger partial charge in [0.05, 0.1) is 12.4 Å². The summed E-state index contributed by atoms with van der Waals surface area (Å²) in [6.07, 6.45) is 22.6. The number of unbranched alkanes of at least 4 members (excludes halogenated alkanes) is 15. The van der Waals surface area contributed by atoms with Crippen molar-refractivity contribution < 1.29 is 4.74 Å². The van der Waals surface area contributed by atoms with E-state index in [1.807, 2.05) is 6.92 Å². The van der Waals surface area contributed by atoms with E-state index in [-0.39, 0.29) is 0 Å². The zero-order valence-electron chi connectivity index (χ0n) is 15.6. The van der Waals surface area contributed by atoms with E-state index in [4.69, 9.17) is 4.74 Å². The number of hydrogen-bond acceptors (Lipinski definition) is 1. The van der Waals surface area contributed by atoms with Crippen LogP contribution in [0.15, 0.2) is 12.3 Å². The lowest BCUT2D eigenvalue weighted by Crippen LogP contribution is -1.91. The second kappa shape index (κ2) is 18.6. The van der Waals surface area contributed by atoms with Gasteiger partial charge in [0.15, 0.2) is 0 Å². The molecule has 22 heavy (non-hydrogen) atoms. The third-order valence-corrected chi connectivity index (χ3v) is 4.35. The molecule has 0 amide bonds. The maximum absolute atomic E-state index is 5.37. The first-order valence-corrected chi connectivity index (χ1v) is 10.1. The highest BCUT2D eigenvalue weighted by atomic mass is 16.5. The van der Waals surface area contributed by atoms with E-state index in [0.29, 0.717) is 0 Å². The molecule has 0 saturated heterocycles. The Balaban J connectivity index is 2.95. The first-order chi connectivity index (χ1) is 10.8. The topological polar surface area (TPSA) is 9.23 Å². The van der Waals surface area contributed by atoms with Crippen molar-refractivity contribution in [3.05, 3.63) is 12.3 Å². The molecule has 0 atom stereocenters. The lowest BCUT2D eigenvalue weighted by molar-refractivity contribution is 0.208. The molecule has 0 aliphatic carbocycles. The molecule has 1 nitrogen and oxygen atoms in total.